The summed E-state index contributed by atoms with van der Waals surface area (Å²) in [4.78, 5) is 23.2. The van der Waals surface area contributed by atoms with Crippen LogP contribution in [0.25, 0.3) is 0 Å². The topological polar surface area (TPSA) is 93.1 Å². The minimum absolute atomic E-state index is 0.0184. The number of carbonyl (C=O) groups excluding carboxylic acids is 2. The standard InChI is InChI=1S/C17H24O6/c1-7-5-10-13(8(2)16(21)23-10)15(20)17(4)12(19)6-11(14(7)17)22-9(3)18/h7,10-15,19-20H,2,5-6H2,1,3-4H3/t7-,10+,11+,12-,13-,14-,15-,17-/m1/s1. The molecule has 0 bridgehead atoms. The minimum atomic E-state index is -0.975. The van der Waals surface area contributed by atoms with Gasteiger partial charge in [-0.05, 0) is 12.3 Å². The average Bonchev–Trinajstić information content (AvgIpc) is 2.81. The maximum atomic E-state index is 11.8. The van der Waals surface area contributed by atoms with Gasteiger partial charge >= 0.3 is 11.9 Å². The predicted octanol–water partition coefficient (Wildman–Crippen LogP) is 0.804. The summed E-state index contributed by atoms with van der Waals surface area (Å²) in [7, 11) is 0. The van der Waals surface area contributed by atoms with Crippen LogP contribution in [0.2, 0.25) is 0 Å². The first-order valence-electron chi connectivity index (χ1n) is 8.11. The van der Waals surface area contributed by atoms with Crippen LogP contribution in [-0.4, -0.2) is 46.6 Å². The molecule has 6 heteroatoms. The molecule has 8 atom stereocenters. The summed E-state index contributed by atoms with van der Waals surface area (Å²) in [5.41, 5.74) is -0.615. The molecule has 0 radical (unpaired) electrons. The maximum Gasteiger partial charge on any atom is 0.334 e. The molecule has 2 saturated carbocycles. The van der Waals surface area contributed by atoms with Crippen molar-refractivity contribution in [2.45, 2.75) is 58.0 Å². The minimum Gasteiger partial charge on any atom is -0.462 e. The van der Waals surface area contributed by atoms with Gasteiger partial charge in [-0.25, -0.2) is 4.79 Å². The molecular weight excluding hydrogens is 300 g/mol. The van der Waals surface area contributed by atoms with E-state index in [0.717, 1.165) is 0 Å². The maximum absolute atomic E-state index is 11.8. The summed E-state index contributed by atoms with van der Waals surface area (Å²) in [6, 6.07) is 0. The van der Waals surface area contributed by atoms with E-state index in [0.29, 0.717) is 12.8 Å². The zero-order valence-electron chi connectivity index (χ0n) is 13.7. The summed E-state index contributed by atoms with van der Waals surface area (Å²) in [6.45, 7) is 8.92. The first-order valence-corrected chi connectivity index (χ1v) is 8.11. The van der Waals surface area contributed by atoms with Gasteiger partial charge in [0.1, 0.15) is 12.2 Å². The Labute approximate surface area is 135 Å². The van der Waals surface area contributed by atoms with Crippen LogP contribution in [0, 0.1) is 23.2 Å². The Balaban J connectivity index is 2.02. The van der Waals surface area contributed by atoms with Gasteiger partial charge in [0.25, 0.3) is 0 Å². The molecule has 128 valence electrons. The highest BCUT2D eigenvalue weighted by Gasteiger charge is 2.64. The molecule has 1 aliphatic heterocycles. The first-order chi connectivity index (χ1) is 10.7. The smallest absolute Gasteiger partial charge is 0.334 e. The van der Waals surface area contributed by atoms with Gasteiger partial charge in [-0.3, -0.25) is 4.79 Å². The van der Waals surface area contributed by atoms with Crippen molar-refractivity contribution in [3.05, 3.63) is 12.2 Å². The van der Waals surface area contributed by atoms with Crippen LogP contribution in [-0.2, 0) is 19.1 Å². The van der Waals surface area contributed by atoms with Gasteiger partial charge in [0.15, 0.2) is 0 Å². The molecule has 0 spiro atoms. The molecule has 0 aromatic rings. The molecule has 23 heavy (non-hydrogen) atoms. The third-order valence-electron chi connectivity index (χ3n) is 6.13. The van der Waals surface area contributed by atoms with Gasteiger partial charge < -0.3 is 19.7 Å². The monoisotopic (exact) mass is 324 g/mol. The summed E-state index contributed by atoms with van der Waals surface area (Å²) in [5.74, 6) is -1.57. The molecule has 0 amide bonds. The van der Waals surface area contributed by atoms with Crippen molar-refractivity contribution in [2.24, 2.45) is 23.2 Å². The number of carbonyl (C=O) groups is 2. The summed E-state index contributed by atoms with van der Waals surface area (Å²) in [6.07, 6.45) is -1.83. The molecule has 0 aromatic heterocycles. The Kier molecular flexibility index (Phi) is 3.80. The number of aliphatic hydroxyl groups is 2. The van der Waals surface area contributed by atoms with Crippen molar-refractivity contribution >= 4 is 11.9 Å². The fourth-order valence-electron chi connectivity index (χ4n) is 5.09. The molecule has 2 aliphatic carbocycles. The van der Waals surface area contributed by atoms with Crippen LogP contribution >= 0.6 is 0 Å². The number of esters is 2. The lowest BCUT2D eigenvalue weighted by Gasteiger charge is -2.41. The molecule has 0 aromatic carbocycles. The Hall–Kier alpha value is -1.40. The Morgan fingerprint density at radius 2 is 2.04 bits per heavy atom. The van der Waals surface area contributed by atoms with Crippen molar-refractivity contribution < 1.29 is 29.3 Å². The lowest BCUT2D eigenvalue weighted by Crippen LogP contribution is -2.49. The number of fused-ring (bicyclic) bond motifs is 2. The van der Waals surface area contributed by atoms with E-state index >= 15 is 0 Å². The highest BCUT2D eigenvalue weighted by molar-refractivity contribution is 5.91. The van der Waals surface area contributed by atoms with Crippen molar-refractivity contribution in [3.8, 4) is 0 Å². The first kappa shape index (κ1) is 16.5. The second kappa shape index (κ2) is 5.31. The summed E-state index contributed by atoms with van der Waals surface area (Å²) in [5, 5.41) is 21.7. The van der Waals surface area contributed by atoms with Crippen LogP contribution in [0.3, 0.4) is 0 Å². The number of rotatable bonds is 1. The van der Waals surface area contributed by atoms with Crippen LogP contribution in [0.15, 0.2) is 12.2 Å². The van der Waals surface area contributed by atoms with Crippen molar-refractivity contribution in [1.29, 1.82) is 0 Å². The van der Waals surface area contributed by atoms with Crippen molar-refractivity contribution in [3.63, 3.8) is 0 Å². The van der Waals surface area contributed by atoms with Crippen molar-refractivity contribution in [2.75, 3.05) is 0 Å². The van der Waals surface area contributed by atoms with E-state index in [9.17, 15) is 19.8 Å². The van der Waals surface area contributed by atoms with E-state index in [-0.39, 0.29) is 17.4 Å². The Morgan fingerprint density at radius 3 is 2.65 bits per heavy atom. The highest BCUT2D eigenvalue weighted by Crippen LogP contribution is 2.57. The summed E-state index contributed by atoms with van der Waals surface area (Å²) < 4.78 is 10.8. The van der Waals surface area contributed by atoms with E-state index in [1.165, 1.54) is 6.92 Å². The van der Waals surface area contributed by atoms with Crippen molar-refractivity contribution in [1.82, 2.24) is 0 Å². The predicted molar refractivity (Wildman–Crippen MR) is 80.1 cm³/mol. The lowest BCUT2D eigenvalue weighted by molar-refractivity contribution is -0.152. The van der Waals surface area contributed by atoms with Gasteiger partial charge in [0.2, 0.25) is 0 Å². The number of ether oxygens (including phenoxy) is 2. The van der Waals surface area contributed by atoms with Gasteiger partial charge in [0.05, 0.1) is 18.1 Å². The van der Waals surface area contributed by atoms with Crippen LogP contribution in [0.1, 0.15) is 33.6 Å². The fraction of sp³-hybridized carbons (Fsp3) is 0.765. The average molecular weight is 324 g/mol. The fourth-order valence-corrected chi connectivity index (χ4v) is 5.09. The second-order valence-corrected chi connectivity index (χ2v) is 7.44. The van der Waals surface area contributed by atoms with Crippen LogP contribution < -0.4 is 0 Å². The van der Waals surface area contributed by atoms with E-state index in [2.05, 4.69) is 6.58 Å². The second-order valence-electron chi connectivity index (χ2n) is 7.44. The summed E-state index contributed by atoms with van der Waals surface area (Å²) >= 11 is 0. The molecule has 0 unspecified atom stereocenters. The lowest BCUT2D eigenvalue weighted by atomic mass is 9.67. The third kappa shape index (κ3) is 2.22. The number of aliphatic hydroxyl groups excluding tert-OH is 2. The SMILES string of the molecule is C=C1C(=O)O[C@H]2C[C@@H](C)[C@@H]3[C@@H](OC(C)=O)C[C@@H](O)[C@@]3(C)[C@H](O)[C@H]12. The van der Waals surface area contributed by atoms with Gasteiger partial charge in [0, 0.05) is 30.3 Å². The normalized spacial score (nSPS) is 49.2. The largest absolute Gasteiger partial charge is 0.462 e. The quantitative estimate of drug-likeness (QED) is 0.547. The molecule has 1 heterocycles. The van der Waals surface area contributed by atoms with E-state index < -0.39 is 47.7 Å². The molecule has 1 saturated heterocycles. The third-order valence-corrected chi connectivity index (χ3v) is 6.13. The zero-order valence-corrected chi connectivity index (χ0v) is 13.7. The number of hydrogen-bond acceptors (Lipinski definition) is 6. The van der Waals surface area contributed by atoms with E-state index in [1.54, 1.807) is 0 Å². The number of hydrogen-bond donors (Lipinski definition) is 2. The van der Waals surface area contributed by atoms with E-state index in [1.807, 2.05) is 13.8 Å². The van der Waals surface area contributed by atoms with E-state index in [4.69, 9.17) is 9.47 Å². The molecule has 2 N–H and O–H groups in total. The van der Waals surface area contributed by atoms with Gasteiger partial charge in [-0.2, -0.15) is 0 Å². The Morgan fingerprint density at radius 1 is 1.39 bits per heavy atom. The molecule has 3 aliphatic rings. The molecule has 3 fully saturated rings. The molecule has 3 rings (SSSR count). The van der Waals surface area contributed by atoms with Crippen LogP contribution in [0.4, 0.5) is 0 Å². The van der Waals surface area contributed by atoms with Crippen LogP contribution in [0.5, 0.6) is 0 Å². The molecule has 6 nitrogen and oxygen atoms in total. The Bertz CT molecular complexity index is 557. The van der Waals surface area contributed by atoms with Gasteiger partial charge in [-0.15, -0.1) is 0 Å². The zero-order chi connectivity index (χ0) is 17.1. The van der Waals surface area contributed by atoms with Gasteiger partial charge in [-0.1, -0.05) is 20.4 Å². The molecular formula is C17H24O6. The highest BCUT2D eigenvalue weighted by atomic mass is 16.6.